The molecule has 1 aliphatic heterocycles. The molecule has 3 aromatic rings. The summed E-state index contributed by atoms with van der Waals surface area (Å²) in [5.74, 6) is -1.31. The molecule has 10 heteroatoms. The van der Waals surface area contributed by atoms with Crippen LogP contribution in [0.1, 0.15) is 28.4 Å². The standard InChI is InChI=1S/C28H23ClN2O7/c1-3-37-24-15-18(6-13-23(24)38-16-17-4-9-20(29)10-5-17)14-22-25(32)30-28(35)31(26(22)33)21-11-7-19(8-12-21)27(34)36-2/h4-15H,3,16H2,1-2H3,(H,30,32,35)/b22-14+. The van der Waals surface area contributed by atoms with Crippen LogP contribution in [0.5, 0.6) is 11.5 Å². The summed E-state index contributed by atoms with van der Waals surface area (Å²) in [5.41, 5.74) is 1.58. The average Bonchev–Trinajstić information content (AvgIpc) is 2.91. The van der Waals surface area contributed by atoms with Gasteiger partial charge in [-0.1, -0.05) is 29.8 Å². The smallest absolute Gasteiger partial charge is 0.337 e. The van der Waals surface area contributed by atoms with E-state index in [1.54, 1.807) is 30.3 Å². The van der Waals surface area contributed by atoms with Crippen molar-refractivity contribution in [1.29, 1.82) is 0 Å². The highest BCUT2D eigenvalue weighted by molar-refractivity contribution is 6.39. The lowest BCUT2D eigenvalue weighted by Crippen LogP contribution is -2.54. The van der Waals surface area contributed by atoms with Gasteiger partial charge in [-0.05, 0) is 72.7 Å². The molecule has 194 valence electrons. The van der Waals surface area contributed by atoms with Crippen LogP contribution < -0.4 is 19.7 Å². The number of halogens is 1. The lowest BCUT2D eigenvalue weighted by molar-refractivity contribution is -0.122. The summed E-state index contributed by atoms with van der Waals surface area (Å²) in [6, 6.07) is 17.0. The van der Waals surface area contributed by atoms with E-state index < -0.39 is 23.8 Å². The molecule has 1 aliphatic rings. The van der Waals surface area contributed by atoms with Gasteiger partial charge in [0.1, 0.15) is 12.2 Å². The third-order valence-corrected chi connectivity index (χ3v) is 5.79. The molecule has 0 spiro atoms. The molecule has 0 aliphatic carbocycles. The van der Waals surface area contributed by atoms with Crippen LogP contribution in [0, 0.1) is 0 Å². The van der Waals surface area contributed by atoms with Crippen LogP contribution in [0.15, 0.2) is 72.3 Å². The van der Waals surface area contributed by atoms with Crippen LogP contribution in [-0.2, 0) is 20.9 Å². The van der Waals surface area contributed by atoms with E-state index in [1.807, 2.05) is 19.1 Å². The molecule has 0 atom stereocenters. The number of amides is 4. The Labute approximate surface area is 223 Å². The SMILES string of the molecule is CCOc1cc(/C=C2\C(=O)NC(=O)N(c3ccc(C(=O)OC)cc3)C2=O)ccc1OCc1ccc(Cl)cc1. The van der Waals surface area contributed by atoms with Crippen LogP contribution in [0.2, 0.25) is 5.02 Å². The number of methoxy groups -OCH3 is 1. The van der Waals surface area contributed by atoms with Crippen LogP contribution in [0.25, 0.3) is 6.08 Å². The second-order valence-corrected chi connectivity index (χ2v) is 8.49. The van der Waals surface area contributed by atoms with Gasteiger partial charge in [-0.25, -0.2) is 14.5 Å². The van der Waals surface area contributed by atoms with E-state index in [-0.39, 0.29) is 23.4 Å². The van der Waals surface area contributed by atoms with Crippen molar-refractivity contribution in [2.75, 3.05) is 18.6 Å². The molecule has 1 heterocycles. The molecule has 1 fully saturated rings. The molecule has 1 saturated heterocycles. The Hall–Kier alpha value is -4.63. The molecule has 0 radical (unpaired) electrons. The predicted octanol–water partition coefficient (Wildman–Crippen LogP) is 4.77. The minimum absolute atomic E-state index is 0.180. The Bertz CT molecular complexity index is 1420. The summed E-state index contributed by atoms with van der Waals surface area (Å²) in [4.78, 5) is 50.8. The number of hydrogen-bond donors (Lipinski definition) is 1. The van der Waals surface area contributed by atoms with Crippen LogP contribution in [0.3, 0.4) is 0 Å². The lowest BCUT2D eigenvalue weighted by atomic mass is 10.1. The number of benzene rings is 3. The molecule has 0 saturated carbocycles. The van der Waals surface area contributed by atoms with Gasteiger partial charge in [0.2, 0.25) is 0 Å². The van der Waals surface area contributed by atoms with Crippen molar-refractivity contribution in [1.82, 2.24) is 5.32 Å². The molecule has 38 heavy (non-hydrogen) atoms. The van der Waals surface area contributed by atoms with E-state index in [1.165, 1.54) is 37.5 Å². The molecule has 4 amide bonds. The molecule has 0 aromatic heterocycles. The van der Waals surface area contributed by atoms with Crippen LogP contribution in [-0.4, -0.2) is 37.5 Å². The number of urea groups is 1. The van der Waals surface area contributed by atoms with Crippen molar-refractivity contribution >= 4 is 47.2 Å². The number of anilines is 1. The second kappa shape index (κ2) is 11.6. The molecular weight excluding hydrogens is 512 g/mol. The Morgan fingerprint density at radius 1 is 0.947 bits per heavy atom. The monoisotopic (exact) mass is 534 g/mol. The van der Waals surface area contributed by atoms with Gasteiger partial charge in [-0.3, -0.25) is 14.9 Å². The van der Waals surface area contributed by atoms with Crippen molar-refractivity contribution in [3.05, 3.63) is 94.0 Å². The fourth-order valence-corrected chi connectivity index (χ4v) is 3.79. The van der Waals surface area contributed by atoms with Crippen molar-refractivity contribution in [3.8, 4) is 11.5 Å². The Balaban J connectivity index is 1.59. The summed E-state index contributed by atoms with van der Waals surface area (Å²) >= 11 is 5.93. The highest BCUT2D eigenvalue weighted by atomic mass is 35.5. The topological polar surface area (TPSA) is 111 Å². The minimum Gasteiger partial charge on any atom is -0.490 e. The maximum atomic E-state index is 13.2. The van der Waals surface area contributed by atoms with Crippen molar-refractivity contribution in [2.45, 2.75) is 13.5 Å². The average molecular weight is 535 g/mol. The molecule has 1 N–H and O–H groups in total. The first-order chi connectivity index (χ1) is 18.3. The van der Waals surface area contributed by atoms with E-state index in [9.17, 15) is 19.2 Å². The van der Waals surface area contributed by atoms with Gasteiger partial charge in [0.05, 0.1) is 25.0 Å². The molecule has 9 nitrogen and oxygen atoms in total. The van der Waals surface area contributed by atoms with Crippen molar-refractivity contribution < 1.29 is 33.4 Å². The summed E-state index contributed by atoms with van der Waals surface area (Å²) < 4.78 is 16.3. The first-order valence-corrected chi connectivity index (χ1v) is 11.9. The predicted molar refractivity (Wildman–Crippen MR) is 140 cm³/mol. The fraction of sp³-hybridized carbons (Fsp3) is 0.143. The number of nitrogens with one attached hydrogen (secondary N) is 1. The number of nitrogens with zero attached hydrogens (tertiary/aromatic N) is 1. The van der Waals surface area contributed by atoms with Gasteiger partial charge in [0.15, 0.2) is 11.5 Å². The van der Waals surface area contributed by atoms with Gasteiger partial charge in [0.25, 0.3) is 11.8 Å². The minimum atomic E-state index is -0.899. The van der Waals surface area contributed by atoms with Crippen LogP contribution >= 0.6 is 11.6 Å². The van der Waals surface area contributed by atoms with E-state index in [2.05, 4.69) is 10.1 Å². The quantitative estimate of drug-likeness (QED) is 0.252. The third kappa shape index (κ3) is 5.84. The van der Waals surface area contributed by atoms with Crippen LogP contribution in [0.4, 0.5) is 10.5 Å². The summed E-state index contributed by atoms with van der Waals surface area (Å²) in [6.07, 6.45) is 1.37. The number of esters is 1. The molecule has 3 aromatic carbocycles. The Morgan fingerprint density at radius 2 is 1.66 bits per heavy atom. The maximum absolute atomic E-state index is 13.2. The zero-order chi connectivity index (χ0) is 27.2. The highest BCUT2D eigenvalue weighted by Crippen LogP contribution is 2.31. The summed E-state index contributed by atoms with van der Waals surface area (Å²) in [5, 5.41) is 2.80. The van der Waals surface area contributed by atoms with E-state index >= 15 is 0 Å². The number of ether oxygens (including phenoxy) is 3. The van der Waals surface area contributed by atoms with Crippen molar-refractivity contribution in [2.24, 2.45) is 0 Å². The fourth-order valence-electron chi connectivity index (χ4n) is 3.67. The maximum Gasteiger partial charge on any atom is 0.337 e. The molecule has 4 rings (SSSR count). The molecular formula is C28H23ClN2O7. The van der Waals surface area contributed by atoms with Gasteiger partial charge >= 0.3 is 12.0 Å². The Morgan fingerprint density at radius 3 is 2.32 bits per heavy atom. The normalized spacial score (nSPS) is 14.3. The van der Waals surface area contributed by atoms with Gasteiger partial charge in [-0.2, -0.15) is 0 Å². The number of hydrogen-bond acceptors (Lipinski definition) is 7. The second-order valence-electron chi connectivity index (χ2n) is 8.05. The Kier molecular flexibility index (Phi) is 8.08. The number of rotatable bonds is 8. The zero-order valence-electron chi connectivity index (χ0n) is 20.5. The highest BCUT2D eigenvalue weighted by Gasteiger charge is 2.37. The van der Waals surface area contributed by atoms with E-state index in [0.717, 1.165) is 10.5 Å². The van der Waals surface area contributed by atoms with E-state index in [0.29, 0.717) is 28.7 Å². The molecule has 0 bridgehead atoms. The largest absolute Gasteiger partial charge is 0.490 e. The molecule has 0 unspecified atom stereocenters. The first kappa shape index (κ1) is 26.4. The van der Waals surface area contributed by atoms with Gasteiger partial charge in [-0.15, -0.1) is 0 Å². The van der Waals surface area contributed by atoms with Gasteiger partial charge in [0, 0.05) is 5.02 Å². The number of barbiturate groups is 1. The number of carbonyl (C=O) groups is 4. The lowest BCUT2D eigenvalue weighted by Gasteiger charge is -2.26. The number of imide groups is 2. The van der Waals surface area contributed by atoms with Gasteiger partial charge < -0.3 is 14.2 Å². The number of carbonyl (C=O) groups excluding carboxylic acids is 4. The zero-order valence-corrected chi connectivity index (χ0v) is 21.3. The first-order valence-electron chi connectivity index (χ1n) is 11.5. The summed E-state index contributed by atoms with van der Waals surface area (Å²) in [7, 11) is 1.25. The van der Waals surface area contributed by atoms with Crippen molar-refractivity contribution in [3.63, 3.8) is 0 Å². The third-order valence-electron chi connectivity index (χ3n) is 5.53. The summed E-state index contributed by atoms with van der Waals surface area (Å²) in [6.45, 7) is 2.46. The van der Waals surface area contributed by atoms with E-state index in [4.69, 9.17) is 21.1 Å².